The van der Waals surface area contributed by atoms with E-state index >= 15 is 0 Å². The highest BCUT2D eigenvalue weighted by Gasteiger charge is 2.17. The van der Waals surface area contributed by atoms with E-state index in [4.69, 9.17) is 4.98 Å². The first-order valence-electron chi connectivity index (χ1n) is 13.5. The van der Waals surface area contributed by atoms with Gasteiger partial charge in [-0.3, -0.25) is 4.79 Å². The SMILES string of the molecule is O=C(NC1CCCCC1)c1ccc(-c2cc(NCCCN3CCCCC3)c3ccccc3n2)cc1. The van der Waals surface area contributed by atoms with E-state index in [9.17, 15) is 4.79 Å². The van der Waals surface area contributed by atoms with Crippen molar-refractivity contribution in [3.05, 3.63) is 60.2 Å². The number of anilines is 1. The Morgan fingerprint density at radius 3 is 2.46 bits per heavy atom. The number of aromatic nitrogens is 1. The highest BCUT2D eigenvalue weighted by molar-refractivity contribution is 5.96. The molecule has 1 saturated carbocycles. The van der Waals surface area contributed by atoms with E-state index in [1.807, 2.05) is 30.3 Å². The van der Waals surface area contributed by atoms with Crippen molar-refractivity contribution in [2.75, 3.05) is 31.5 Å². The summed E-state index contributed by atoms with van der Waals surface area (Å²) in [6.45, 7) is 4.60. The zero-order chi connectivity index (χ0) is 23.9. The molecule has 5 rings (SSSR count). The number of rotatable bonds is 8. The number of fused-ring (bicyclic) bond motifs is 1. The average Bonchev–Trinajstić information content (AvgIpc) is 2.92. The molecule has 2 N–H and O–H groups in total. The number of hydrogen-bond donors (Lipinski definition) is 2. The second-order valence-corrected chi connectivity index (χ2v) is 10.1. The van der Waals surface area contributed by atoms with Gasteiger partial charge in [0.25, 0.3) is 5.91 Å². The molecule has 2 aliphatic rings. The van der Waals surface area contributed by atoms with E-state index in [1.54, 1.807) is 0 Å². The van der Waals surface area contributed by atoms with Crippen molar-refractivity contribution in [1.82, 2.24) is 15.2 Å². The summed E-state index contributed by atoms with van der Waals surface area (Å²) < 4.78 is 0. The van der Waals surface area contributed by atoms with Gasteiger partial charge in [-0.15, -0.1) is 0 Å². The Morgan fingerprint density at radius 1 is 0.914 bits per heavy atom. The highest BCUT2D eigenvalue weighted by atomic mass is 16.1. The third-order valence-electron chi connectivity index (χ3n) is 7.51. The van der Waals surface area contributed by atoms with E-state index in [0.29, 0.717) is 6.04 Å². The fourth-order valence-electron chi connectivity index (χ4n) is 5.49. The van der Waals surface area contributed by atoms with Crippen molar-refractivity contribution in [1.29, 1.82) is 0 Å². The normalized spacial score (nSPS) is 17.4. The summed E-state index contributed by atoms with van der Waals surface area (Å²) in [6, 6.07) is 18.7. The first-order valence-corrected chi connectivity index (χ1v) is 13.5. The molecule has 1 aromatic heterocycles. The number of benzene rings is 2. The molecule has 5 nitrogen and oxygen atoms in total. The Balaban J connectivity index is 1.27. The fourth-order valence-corrected chi connectivity index (χ4v) is 5.49. The van der Waals surface area contributed by atoms with Crippen LogP contribution >= 0.6 is 0 Å². The molecule has 2 heterocycles. The van der Waals surface area contributed by atoms with E-state index < -0.39 is 0 Å². The molecular formula is C30H38N4O. The standard InChI is InChI=1S/C30H38N4O/c35-30(32-25-10-3-1-4-11-25)24-16-14-23(15-17-24)28-22-29(26-12-5-6-13-27(26)33-28)31-18-9-21-34-19-7-2-8-20-34/h5-6,12-17,22,25H,1-4,7-11,18-21H2,(H,31,33)(H,32,35). The molecule has 0 spiro atoms. The van der Waals surface area contributed by atoms with Crippen molar-refractivity contribution in [3.63, 3.8) is 0 Å². The van der Waals surface area contributed by atoms with Crippen molar-refractivity contribution in [2.24, 2.45) is 0 Å². The number of pyridine rings is 1. The van der Waals surface area contributed by atoms with Gasteiger partial charge in [-0.2, -0.15) is 0 Å². The van der Waals surface area contributed by atoms with Gasteiger partial charge in [0.15, 0.2) is 0 Å². The molecule has 2 fully saturated rings. The molecule has 35 heavy (non-hydrogen) atoms. The Labute approximate surface area is 209 Å². The van der Waals surface area contributed by atoms with Crippen LogP contribution in [-0.4, -0.2) is 48.0 Å². The first-order chi connectivity index (χ1) is 17.3. The Morgan fingerprint density at radius 2 is 1.66 bits per heavy atom. The van der Waals surface area contributed by atoms with Gasteiger partial charge in [-0.05, 0) is 76.0 Å². The maximum atomic E-state index is 12.7. The van der Waals surface area contributed by atoms with Crippen LogP contribution in [0.5, 0.6) is 0 Å². The van der Waals surface area contributed by atoms with Gasteiger partial charge in [-0.25, -0.2) is 4.98 Å². The van der Waals surface area contributed by atoms with Gasteiger partial charge in [0, 0.05) is 34.8 Å². The summed E-state index contributed by atoms with van der Waals surface area (Å²) in [6.07, 6.45) is 11.1. The Kier molecular flexibility index (Phi) is 7.94. The molecule has 0 unspecified atom stereocenters. The summed E-state index contributed by atoms with van der Waals surface area (Å²) in [5.74, 6) is 0.0333. The number of piperidine rings is 1. The van der Waals surface area contributed by atoms with E-state index in [2.05, 4.69) is 39.8 Å². The smallest absolute Gasteiger partial charge is 0.251 e. The predicted octanol–water partition coefficient (Wildman–Crippen LogP) is 6.25. The van der Waals surface area contributed by atoms with Crippen LogP contribution in [0.4, 0.5) is 5.69 Å². The third-order valence-corrected chi connectivity index (χ3v) is 7.51. The second-order valence-electron chi connectivity index (χ2n) is 10.1. The number of para-hydroxylation sites is 1. The minimum Gasteiger partial charge on any atom is -0.384 e. The molecule has 184 valence electrons. The molecule has 2 aromatic carbocycles. The zero-order valence-electron chi connectivity index (χ0n) is 20.8. The van der Waals surface area contributed by atoms with Gasteiger partial charge >= 0.3 is 0 Å². The summed E-state index contributed by atoms with van der Waals surface area (Å²) >= 11 is 0. The van der Waals surface area contributed by atoms with Crippen LogP contribution in [0.1, 0.15) is 68.1 Å². The average molecular weight is 471 g/mol. The van der Waals surface area contributed by atoms with Gasteiger partial charge in [-0.1, -0.05) is 56.0 Å². The largest absolute Gasteiger partial charge is 0.384 e. The summed E-state index contributed by atoms with van der Waals surface area (Å²) in [5.41, 5.74) is 4.80. The molecule has 1 saturated heterocycles. The molecule has 5 heteroatoms. The van der Waals surface area contributed by atoms with Gasteiger partial charge in [0.2, 0.25) is 0 Å². The fraction of sp³-hybridized carbons (Fsp3) is 0.467. The summed E-state index contributed by atoms with van der Waals surface area (Å²) in [5, 5.41) is 8.04. The molecule has 3 aromatic rings. The molecule has 0 bridgehead atoms. The molecule has 1 amide bonds. The van der Waals surface area contributed by atoms with E-state index in [0.717, 1.165) is 65.8 Å². The zero-order valence-corrected chi connectivity index (χ0v) is 20.8. The summed E-state index contributed by atoms with van der Waals surface area (Å²) in [7, 11) is 0. The molecule has 1 aliphatic heterocycles. The lowest BCUT2D eigenvalue weighted by molar-refractivity contribution is 0.0927. The minimum absolute atomic E-state index is 0.0333. The minimum atomic E-state index is 0.0333. The first kappa shape index (κ1) is 23.8. The van der Waals surface area contributed by atoms with E-state index in [1.165, 1.54) is 51.6 Å². The van der Waals surface area contributed by atoms with Gasteiger partial charge < -0.3 is 15.5 Å². The number of carbonyl (C=O) groups is 1. The molecule has 0 atom stereocenters. The van der Waals surface area contributed by atoms with Crippen molar-refractivity contribution < 1.29 is 4.79 Å². The van der Waals surface area contributed by atoms with Gasteiger partial charge in [0.05, 0.1) is 11.2 Å². The number of likely N-dealkylation sites (tertiary alicyclic amines) is 1. The maximum absolute atomic E-state index is 12.7. The second kappa shape index (κ2) is 11.7. The number of amides is 1. The lowest BCUT2D eigenvalue weighted by atomic mass is 9.95. The number of nitrogens with zero attached hydrogens (tertiary/aromatic N) is 2. The highest BCUT2D eigenvalue weighted by Crippen LogP contribution is 2.29. The van der Waals surface area contributed by atoms with Crippen molar-refractivity contribution in [2.45, 2.75) is 63.8 Å². The van der Waals surface area contributed by atoms with Crippen LogP contribution in [-0.2, 0) is 0 Å². The van der Waals surface area contributed by atoms with E-state index in [-0.39, 0.29) is 5.91 Å². The van der Waals surface area contributed by atoms with Crippen LogP contribution in [0, 0.1) is 0 Å². The quantitative estimate of drug-likeness (QED) is 0.382. The van der Waals surface area contributed by atoms with Gasteiger partial charge in [0.1, 0.15) is 0 Å². The maximum Gasteiger partial charge on any atom is 0.251 e. The van der Waals surface area contributed by atoms with Crippen molar-refractivity contribution >= 4 is 22.5 Å². The summed E-state index contributed by atoms with van der Waals surface area (Å²) in [4.78, 5) is 20.2. The van der Waals surface area contributed by atoms with Crippen molar-refractivity contribution in [3.8, 4) is 11.3 Å². The van der Waals surface area contributed by atoms with Crippen LogP contribution in [0.15, 0.2) is 54.6 Å². The molecule has 1 aliphatic carbocycles. The lowest BCUT2D eigenvalue weighted by Crippen LogP contribution is -2.36. The van der Waals surface area contributed by atoms with Crippen LogP contribution in [0.2, 0.25) is 0 Å². The van der Waals surface area contributed by atoms with Crippen LogP contribution < -0.4 is 10.6 Å². The third kappa shape index (κ3) is 6.21. The molecular weight excluding hydrogens is 432 g/mol. The lowest BCUT2D eigenvalue weighted by Gasteiger charge is -2.26. The van der Waals surface area contributed by atoms with Crippen LogP contribution in [0.25, 0.3) is 22.2 Å². The van der Waals surface area contributed by atoms with Crippen LogP contribution in [0.3, 0.4) is 0 Å². The Hall–Kier alpha value is -2.92. The number of nitrogens with one attached hydrogen (secondary N) is 2. The number of hydrogen-bond acceptors (Lipinski definition) is 4. The molecule has 0 radical (unpaired) electrons. The number of carbonyl (C=O) groups excluding carboxylic acids is 1. The topological polar surface area (TPSA) is 57.3 Å². The Bertz CT molecular complexity index is 1110. The predicted molar refractivity (Wildman–Crippen MR) is 145 cm³/mol. The monoisotopic (exact) mass is 470 g/mol.